The van der Waals surface area contributed by atoms with Crippen LogP contribution in [0.1, 0.15) is 38.5 Å². The van der Waals surface area contributed by atoms with Crippen LogP contribution in [0.5, 0.6) is 5.75 Å². The van der Waals surface area contributed by atoms with Gasteiger partial charge in [-0.25, -0.2) is 4.99 Å². The van der Waals surface area contributed by atoms with Gasteiger partial charge in [-0.15, -0.1) is 0 Å². The van der Waals surface area contributed by atoms with Crippen LogP contribution in [-0.2, 0) is 0 Å². The number of ether oxygens (including phenoxy) is 1. The quantitative estimate of drug-likeness (QED) is 0.689. The second-order valence-corrected chi connectivity index (χ2v) is 6.36. The molecule has 0 amide bonds. The number of fused-ring (bicyclic) bond motifs is 1. The van der Waals surface area contributed by atoms with Crippen molar-refractivity contribution in [2.24, 2.45) is 4.99 Å². The number of benzene rings is 2. The minimum Gasteiger partial charge on any atom is -0.622 e. The predicted octanol–water partition coefficient (Wildman–Crippen LogP) is 3.36. The lowest BCUT2D eigenvalue weighted by Crippen LogP contribution is -2.30. The largest absolute Gasteiger partial charge is 0.622 e. The van der Waals surface area contributed by atoms with Gasteiger partial charge in [-0.1, -0.05) is 38.5 Å². The Kier molecular flexibility index (Phi) is 5.88. The van der Waals surface area contributed by atoms with Gasteiger partial charge in [0, 0.05) is 17.4 Å². The van der Waals surface area contributed by atoms with E-state index in [0.717, 1.165) is 27.2 Å². The third-order valence-electron chi connectivity index (χ3n) is 4.49. The Balaban J connectivity index is 0.000000258. The molecular formula is C20H25N3O2. The average Bonchev–Trinajstić information content (AvgIpc) is 3.05. The summed E-state index contributed by atoms with van der Waals surface area (Å²) in [6.45, 7) is 0.182. The van der Waals surface area contributed by atoms with Crippen LogP contribution >= 0.6 is 0 Å². The molecule has 1 N–H and O–H groups in total. The fourth-order valence-corrected chi connectivity index (χ4v) is 3.06. The van der Waals surface area contributed by atoms with E-state index in [0.29, 0.717) is 5.36 Å². The zero-order valence-electron chi connectivity index (χ0n) is 14.7. The second kappa shape index (κ2) is 8.51. The first kappa shape index (κ1) is 17.3. The van der Waals surface area contributed by atoms with E-state index in [4.69, 9.17) is 4.74 Å². The maximum Gasteiger partial charge on any atom is 0.247 e. The minimum atomic E-state index is 0.182. The number of hydrogen-bond donors (Lipinski definition) is 1. The van der Waals surface area contributed by atoms with Crippen LogP contribution < -0.4 is 25.5 Å². The molecule has 5 nitrogen and oxygen atoms in total. The fourth-order valence-electron chi connectivity index (χ4n) is 3.06. The molecule has 5 heteroatoms. The molecule has 2 aromatic carbocycles. The Morgan fingerprint density at radius 3 is 2.12 bits per heavy atom. The number of nitrogens with zero attached hydrogens (tertiary/aromatic N) is 2. The summed E-state index contributed by atoms with van der Waals surface area (Å²) in [5, 5.41) is 16.0. The number of anilines is 2. The maximum atomic E-state index is 11.4. The van der Waals surface area contributed by atoms with Crippen molar-refractivity contribution < 1.29 is 4.74 Å². The standard InChI is InChI=1S/C14H13N3O2.C6H12/c1-19-12-5-2-10(3-6-12)16-11-4-7-14-13(8-11)15-9-17(14)18;1-2-4-6-5-3-1/h2-8,16H,9H2,1H3;1-6H2. The molecule has 4 rings (SSSR count). The number of rotatable bonds is 3. The van der Waals surface area contributed by atoms with Crippen LogP contribution in [-0.4, -0.2) is 13.8 Å². The highest BCUT2D eigenvalue weighted by Gasteiger charge is 2.07. The van der Waals surface area contributed by atoms with Gasteiger partial charge in [0.2, 0.25) is 12.0 Å². The van der Waals surface area contributed by atoms with Crippen molar-refractivity contribution in [2.45, 2.75) is 38.5 Å². The van der Waals surface area contributed by atoms with E-state index in [1.54, 1.807) is 13.2 Å². The molecule has 132 valence electrons. The highest BCUT2D eigenvalue weighted by atomic mass is 16.5. The summed E-state index contributed by atoms with van der Waals surface area (Å²) in [7, 11) is 1.64. The Morgan fingerprint density at radius 2 is 1.52 bits per heavy atom. The van der Waals surface area contributed by atoms with Gasteiger partial charge in [-0.3, -0.25) is 0 Å². The topological polar surface area (TPSA) is 59.7 Å². The molecule has 1 fully saturated rings. The van der Waals surface area contributed by atoms with Crippen molar-refractivity contribution in [3.05, 3.63) is 58.4 Å². The molecule has 1 saturated carbocycles. The van der Waals surface area contributed by atoms with E-state index in [1.807, 2.05) is 36.4 Å². The first-order valence-corrected chi connectivity index (χ1v) is 8.93. The molecule has 1 aliphatic heterocycles. The van der Waals surface area contributed by atoms with Gasteiger partial charge in [0.1, 0.15) is 11.1 Å². The number of hydrogen-bond acceptors (Lipinski definition) is 4. The van der Waals surface area contributed by atoms with Crippen LogP contribution in [0.25, 0.3) is 0 Å². The van der Waals surface area contributed by atoms with E-state index >= 15 is 0 Å². The monoisotopic (exact) mass is 339 g/mol. The molecule has 0 atom stereocenters. The molecule has 0 spiro atoms. The molecule has 2 aromatic rings. The minimum absolute atomic E-state index is 0.182. The molecular weight excluding hydrogens is 314 g/mol. The Labute approximate surface area is 148 Å². The fraction of sp³-hybridized carbons (Fsp3) is 0.400. The zero-order valence-corrected chi connectivity index (χ0v) is 14.7. The average molecular weight is 339 g/mol. The number of hydroxylamine groups is 1. The van der Waals surface area contributed by atoms with Gasteiger partial charge in [-0.05, 0) is 36.4 Å². The summed E-state index contributed by atoms with van der Waals surface area (Å²) in [6.07, 6.45) is 9.00. The Bertz CT molecular complexity index is 800. The van der Waals surface area contributed by atoms with Crippen molar-refractivity contribution in [1.29, 1.82) is 0 Å². The normalized spacial score (nSPS) is 15.5. The Hall–Kier alpha value is -2.56. The SMILES string of the molecule is C1CCCCC1.COc1ccc(Nc2ccc3c(c2)=NC[N+]=3[O-])cc1. The summed E-state index contributed by atoms with van der Waals surface area (Å²) in [5.41, 5.74) is 1.86. The summed E-state index contributed by atoms with van der Waals surface area (Å²) in [4.78, 5) is 4.16. The predicted molar refractivity (Wildman–Crippen MR) is 101 cm³/mol. The van der Waals surface area contributed by atoms with E-state index < -0.39 is 0 Å². The lowest BCUT2D eigenvalue weighted by Gasteiger charge is -2.06. The van der Waals surface area contributed by atoms with Crippen molar-refractivity contribution in [3.63, 3.8) is 0 Å². The molecule has 0 saturated heterocycles. The number of methoxy groups -OCH3 is 1. The van der Waals surface area contributed by atoms with E-state index in [9.17, 15) is 5.21 Å². The molecule has 1 heterocycles. The van der Waals surface area contributed by atoms with Gasteiger partial charge < -0.3 is 15.3 Å². The lowest BCUT2D eigenvalue weighted by molar-refractivity contribution is 0.415. The smallest absolute Gasteiger partial charge is 0.247 e. The lowest BCUT2D eigenvalue weighted by atomic mass is 10.0. The van der Waals surface area contributed by atoms with Crippen LogP contribution in [0.2, 0.25) is 0 Å². The molecule has 0 bridgehead atoms. The summed E-state index contributed by atoms with van der Waals surface area (Å²) >= 11 is 0. The highest BCUT2D eigenvalue weighted by Crippen LogP contribution is 2.18. The van der Waals surface area contributed by atoms with E-state index in [2.05, 4.69) is 10.3 Å². The molecule has 2 aliphatic rings. The highest BCUT2D eigenvalue weighted by molar-refractivity contribution is 5.59. The number of nitrogens with one attached hydrogen (secondary N) is 1. The summed E-state index contributed by atoms with van der Waals surface area (Å²) < 4.78 is 5.99. The zero-order chi connectivity index (χ0) is 17.5. The molecule has 0 unspecified atom stereocenters. The maximum absolute atomic E-state index is 11.4. The summed E-state index contributed by atoms with van der Waals surface area (Å²) in [6, 6.07) is 13.2. The molecule has 25 heavy (non-hydrogen) atoms. The Morgan fingerprint density at radius 1 is 0.920 bits per heavy atom. The van der Waals surface area contributed by atoms with Gasteiger partial charge in [0.05, 0.1) is 7.11 Å². The molecule has 1 aliphatic carbocycles. The van der Waals surface area contributed by atoms with Crippen molar-refractivity contribution in [1.82, 2.24) is 4.74 Å². The van der Waals surface area contributed by atoms with Gasteiger partial charge >= 0.3 is 0 Å². The second-order valence-electron chi connectivity index (χ2n) is 6.36. The third-order valence-corrected chi connectivity index (χ3v) is 4.49. The van der Waals surface area contributed by atoms with Crippen molar-refractivity contribution in [2.75, 3.05) is 19.1 Å². The van der Waals surface area contributed by atoms with Crippen LogP contribution in [0.15, 0.2) is 47.5 Å². The van der Waals surface area contributed by atoms with E-state index in [-0.39, 0.29) is 6.67 Å². The summed E-state index contributed by atoms with van der Waals surface area (Å²) in [5.74, 6) is 0.816. The molecule has 0 aromatic heterocycles. The first-order valence-electron chi connectivity index (χ1n) is 8.93. The van der Waals surface area contributed by atoms with Gasteiger partial charge in [-0.2, -0.15) is 4.74 Å². The van der Waals surface area contributed by atoms with Crippen molar-refractivity contribution >= 4 is 11.4 Å². The van der Waals surface area contributed by atoms with Gasteiger partial charge in [0.25, 0.3) is 0 Å². The van der Waals surface area contributed by atoms with Crippen molar-refractivity contribution in [3.8, 4) is 5.75 Å². The molecule has 0 radical (unpaired) electrons. The van der Waals surface area contributed by atoms with Crippen LogP contribution in [0.3, 0.4) is 0 Å². The third kappa shape index (κ3) is 4.72. The van der Waals surface area contributed by atoms with Gasteiger partial charge in [0.15, 0.2) is 0 Å². The van der Waals surface area contributed by atoms with E-state index in [1.165, 1.54) is 38.5 Å². The van der Waals surface area contributed by atoms with Crippen LogP contribution in [0.4, 0.5) is 11.4 Å². The van der Waals surface area contributed by atoms with Crippen LogP contribution in [0, 0.1) is 5.21 Å². The first-order chi connectivity index (χ1) is 12.3.